The molecular formula is C15H11F3N4OS. The molecule has 0 spiro atoms. The number of alkyl halides is 3. The quantitative estimate of drug-likeness (QED) is 0.853. The highest BCUT2D eigenvalue weighted by atomic mass is 32.2. The Morgan fingerprint density at radius 3 is 2.67 bits per heavy atom. The van der Waals surface area contributed by atoms with Gasteiger partial charge in [-0.15, -0.1) is 0 Å². The van der Waals surface area contributed by atoms with Gasteiger partial charge in [0.2, 0.25) is 5.91 Å². The van der Waals surface area contributed by atoms with Crippen LogP contribution in [-0.4, -0.2) is 21.6 Å². The summed E-state index contributed by atoms with van der Waals surface area (Å²) in [5, 5.41) is 11.8. The van der Waals surface area contributed by atoms with Gasteiger partial charge in [-0.05, 0) is 31.2 Å². The first kappa shape index (κ1) is 17.7. The van der Waals surface area contributed by atoms with E-state index in [-0.39, 0.29) is 11.6 Å². The number of amides is 1. The van der Waals surface area contributed by atoms with E-state index in [0.29, 0.717) is 22.5 Å². The van der Waals surface area contributed by atoms with Gasteiger partial charge >= 0.3 is 6.18 Å². The van der Waals surface area contributed by atoms with Gasteiger partial charge < -0.3 is 5.32 Å². The van der Waals surface area contributed by atoms with E-state index in [2.05, 4.69) is 15.3 Å². The van der Waals surface area contributed by atoms with Gasteiger partial charge in [0.1, 0.15) is 16.9 Å². The smallest absolute Gasteiger partial charge is 0.310 e. The van der Waals surface area contributed by atoms with Crippen LogP contribution in [0, 0.1) is 18.3 Å². The Morgan fingerprint density at radius 2 is 2.08 bits per heavy atom. The summed E-state index contributed by atoms with van der Waals surface area (Å²) in [6.07, 6.45) is -3.82. The van der Waals surface area contributed by atoms with Crippen molar-refractivity contribution in [1.82, 2.24) is 9.97 Å². The summed E-state index contributed by atoms with van der Waals surface area (Å²) in [6.45, 7) is 1.76. The highest BCUT2D eigenvalue weighted by molar-refractivity contribution is 8.00. The molecule has 0 aliphatic heterocycles. The van der Waals surface area contributed by atoms with Crippen LogP contribution in [0.2, 0.25) is 0 Å². The van der Waals surface area contributed by atoms with Gasteiger partial charge in [0.05, 0.1) is 16.9 Å². The number of thioether (sulfide) groups is 1. The Hall–Kier alpha value is -2.60. The number of anilines is 1. The molecule has 0 aliphatic carbocycles. The van der Waals surface area contributed by atoms with Crippen LogP contribution in [0.1, 0.15) is 16.8 Å². The summed E-state index contributed by atoms with van der Waals surface area (Å²) >= 11 is 1.07. The zero-order chi connectivity index (χ0) is 17.7. The molecule has 1 N–H and O–H groups in total. The number of aryl methyl sites for hydroxylation is 1. The van der Waals surface area contributed by atoms with E-state index >= 15 is 0 Å². The molecule has 0 unspecified atom stereocenters. The van der Waals surface area contributed by atoms with Gasteiger partial charge in [0.15, 0.2) is 0 Å². The van der Waals surface area contributed by atoms with E-state index in [0.717, 1.165) is 23.9 Å². The molecule has 1 amide bonds. The van der Waals surface area contributed by atoms with Gasteiger partial charge in [-0.2, -0.15) is 18.4 Å². The van der Waals surface area contributed by atoms with Crippen LogP contribution in [-0.2, 0) is 11.0 Å². The van der Waals surface area contributed by atoms with E-state index in [9.17, 15) is 18.0 Å². The molecular weight excluding hydrogens is 341 g/mol. The van der Waals surface area contributed by atoms with Crippen LogP contribution in [0.15, 0.2) is 35.5 Å². The summed E-state index contributed by atoms with van der Waals surface area (Å²) in [7, 11) is 0. The molecule has 9 heteroatoms. The van der Waals surface area contributed by atoms with E-state index in [4.69, 9.17) is 5.26 Å². The van der Waals surface area contributed by atoms with E-state index in [1.165, 1.54) is 0 Å². The summed E-state index contributed by atoms with van der Waals surface area (Å²) < 4.78 is 37.3. The number of nitrogens with one attached hydrogen (secondary N) is 1. The third kappa shape index (κ3) is 4.70. The molecule has 2 rings (SSSR count). The third-order valence-electron chi connectivity index (χ3n) is 2.82. The first-order valence-electron chi connectivity index (χ1n) is 6.63. The Bertz CT molecular complexity index is 785. The highest BCUT2D eigenvalue weighted by Crippen LogP contribution is 2.29. The number of pyridine rings is 2. The first-order chi connectivity index (χ1) is 11.3. The number of aromatic nitrogens is 2. The summed E-state index contributed by atoms with van der Waals surface area (Å²) in [4.78, 5) is 19.6. The molecule has 0 atom stereocenters. The molecule has 2 aromatic rings. The molecule has 124 valence electrons. The molecule has 0 aliphatic rings. The minimum absolute atomic E-state index is 0.0197. The second-order valence-electron chi connectivity index (χ2n) is 4.68. The monoisotopic (exact) mass is 352 g/mol. The van der Waals surface area contributed by atoms with Gasteiger partial charge in [-0.25, -0.2) is 9.97 Å². The Morgan fingerprint density at radius 1 is 1.33 bits per heavy atom. The lowest BCUT2D eigenvalue weighted by molar-refractivity contribution is -0.137. The van der Waals surface area contributed by atoms with Crippen molar-refractivity contribution in [3.05, 3.63) is 47.3 Å². The molecule has 0 bridgehead atoms. The van der Waals surface area contributed by atoms with Crippen molar-refractivity contribution >= 4 is 23.5 Å². The van der Waals surface area contributed by atoms with Crippen molar-refractivity contribution in [2.24, 2.45) is 0 Å². The number of hydrogen-bond donors (Lipinski definition) is 1. The predicted octanol–water partition coefficient (Wildman–Crippen LogP) is 3.41. The number of carbonyl (C=O) groups excluding carboxylic acids is 1. The molecule has 0 saturated heterocycles. The van der Waals surface area contributed by atoms with Crippen LogP contribution in [0.5, 0.6) is 0 Å². The molecule has 0 fully saturated rings. The Kier molecular flexibility index (Phi) is 5.41. The average Bonchev–Trinajstić information content (AvgIpc) is 2.53. The van der Waals surface area contributed by atoms with Crippen LogP contribution in [0.25, 0.3) is 0 Å². The van der Waals surface area contributed by atoms with Crippen LogP contribution < -0.4 is 5.32 Å². The minimum atomic E-state index is -4.48. The molecule has 2 heterocycles. The third-order valence-corrected chi connectivity index (χ3v) is 3.81. The number of nitrogens with zero attached hydrogens (tertiary/aromatic N) is 3. The van der Waals surface area contributed by atoms with Crippen LogP contribution in [0.4, 0.5) is 19.0 Å². The zero-order valence-electron chi connectivity index (χ0n) is 12.4. The summed E-state index contributed by atoms with van der Waals surface area (Å²) in [5.41, 5.74) is 0.171. The van der Waals surface area contributed by atoms with E-state index in [1.54, 1.807) is 19.1 Å². The number of rotatable bonds is 4. The maximum absolute atomic E-state index is 12.4. The van der Waals surface area contributed by atoms with E-state index < -0.39 is 17.6 Å². The molecule has 0 radical (unpaired) electrons. The van der Waals surface area contributed by atoms with Crippen molar-refractivity contribution in [3.8, 4) is 6.07 Å². The molecule has 0 aromatic carbocycles. The maximum Gasteiger partial charge on any atom is 0.417 e. The lowest BCUT2D eigenvalue weighted by atomic mass is 10.3. The number of carbonyl (C=O) groups is 1. The highest BCUT2D eigenvalue weighted by Gasteiger charge is 2.30. The predicted molar refractivity (Wildman–Crippen MR) is 82.3 cm³/mol. The topological polar surface area (TPSA) is 78.7 Å². The average molecular weight is 352 g/mol. The number of nitriles is 1. The second-order valence-corrected chi connectivity index (χ2v) is 5.65. The lowest BCUT2D eigenvalue weighted by Crippen LogP contribution is -2.16. The van der Waals surface area contributed by atoms with Crippen molar-refractivity contribution in [2.45, 2.75) is 18.1 Å². The van der Waals surface area contributed by atoms with Gasteiger partial charge in [0.25, 0.3) is 0 Å². The van der Waals surface area contributed by atoms with Crippen molar-refractivity contribution in [2.75, 3.05) is 11.1 Å². The van der Waals surface area contributed by atoms with Crippen molar-refractivity contribution < 1.29 is 18.0 Å². The minimum Gasteiger partial charge on any atom is -0.310 e. The lowest BCUT2D eigenvalue weighted by Gasteiger charge is -2.08. The van der Waals surface area contributed by atoms with E-state index in [1.807, 2.05) is 6.07 Å². The maximum atomic E-state index is 12.4. The van der Waals surface area contributed by atoms with Gasteiger partial charge in [-0.3, -0.25) is 4.79 Å². The standard InChI is InChI=1S/C15H11F3N4OS/c1-9-2-3-10(6-19)14(21-9)24-8-13(23)22-12-5-4-11(7-20-12)15(16,17)18/h2-5,7H,8H2,1H3,(H,20,22,23). The van der Waals surface area contributed by atoms with Gasteiger partial charge in [0, 0.05) is 11.9 Å². The van der Waals surface area contributed by atoms with Crippen molar-refractivity contribution in [3.63, 3.8) is 0 Å². The summed E-state index contributed by atoms with van der Waals surface area (Å²) in [6, 6.07) is 7.20. The van der Waals surface area contributed by atoms with Crippen LogP contribution >= 0.6 is 11.8 Å². The van der Waals surface area contributed by atoms with Crippen LogP contribution in [0.3, 0.4) is 0 Å². The number of hydrogen-bond acceptors (Lipinski definition) is 5. The normalized spacial score (nSPS) is 11.0. The molecule has 24 heavy (non-hydrogen) atoms. The van der Waals surface area contributed by atoms with Gasteiger partial charge in [-0.1, -0.05) is 11.8 Å². The summed E-state index contributed by atoms with van der Waals surface area (Å²) in [5.74, 6) is -0.487. The van der Waals surface area contributed by atoms with Crippen molar-refractivity contribution in [1.29, 1.82) is 5.26 Å². The fourth-order valence-corrected chi connectivity index (χ4v) is 2.49. The first-order valence-corrected chi connectivity index (χ1v) is 7.62. The largest absolute Gasteiger partial charge is 0.417 e. The molecule has 0 saturated carbocycles. The Balaban J connectivity index is 1.97. The zero-order valence-corrected chi connectivity index (χ0v) is 13.2. The SMILES string of the molecule is Cc1ccc(C#N)c(SCC(=O)Nc2ccc(C(F)(F)F)cn2)n1. The fourth-order valence-electron chi connectivity index (χ4n) is 1.68. The number of halogens is 3. The second kappa shape index (κ2) is 7.31. The molecule has 2 aromatic heterocycles. The molecule has 5 nitrogen and oxygen atoms in total. The fraction of sp³-hybridized carbons (Fsp3) is 0.200. The Labute approximate surface area is 139 Å².